The molecule has 1 fully saturated rings. The molecule has 1 N–H and O–H groups in total. The highest BCUT2D eigenvalue weighted by molar-refractivity contribution is 5.39. The summed E-state index contributed by atoms with van der Waals surface area (Å²) in [5.41, 5.74) is 2.98. The van der Waals surface area contributed by atoms with Gasteiger partial charge < -0.3 is 14.8 Å². The standard InChI is InChI=1S/C16H23NO2/c1-18-15-5-6-16-12(9-15)3-2-4-13(16)10-17-14-7-8-19-11-14/h5-6,9,13-14,17H,2-4,7-8,10-11H2,1H3/t13-,14+/m1/s1. The predicted molar refractivity (Wildman–Crippen MR) is 75.9 cm³/mol. The van der Waals surface area contributed by atoms with Crippen molar-refractivity contribution < 1.29 is 9.47 Å². The second-order valence-electron chi connectivity index (χ2n) is 5.62. The van der Waals surface area contributed by atoms with Crippen LogP contribution in [0.2, 0.25) is 0 Å². The van der Waals surface area contributed by atoms with E-state index in [1.165, 1.54) is 30.4 Å². The summed E-state index contributed by atoms with van der Waals surface area (Å²) in [6.07, 6.45) is 4.92. The van der Waals surface area contributed by atoms with Crippen molar-refractivity contribution >= 4 is 0 Å². The molecule has 0 amide bonds. The largest absolute Gasteiger partial charge is 0.497 e. The summed E-state index contributed by atoms with van der Waals surface area (Å²) in [7, 11) is 1.74. The van der Waals surface area contributed by atoms with E-state index in [0.717, 1.165) is 31.9 Å². The fraction of sp³-hybridized carbons (Fsp3) is 0.625. The van der Waals surface area contributed by atoms with Gasteiger partial charge in [-0.2, -0.15) is 0 Å². The van der Waals surface area contributed by atoms with Crippen LogP contribution in [0.3, 0.4) is 0 Å². The van der Waals surface area contributed by atoms with Crippen molar-refractivity contribution in [1.29, 1.82) is 0 Å². The van der Waals surface area contributed by atoms with Crippen LogP contribution < -0.4 is 10.1 Å². The molecule has 0 spiro atoms. The number of benzene rings is 1. The molecule has 1 saturated heterocycles. The zero-order chi connectivity index (χ0) is 13.1. The number of aryl methyl sites for hydroxylation is 1. The van der Waals surface area contributed by atoms with Crippen molar-refractivity contribution in [1.82, 2.24) is 5.32 Å². The van der Waals surface area contributed by atoms with E-state index < -0.39 is 0 Å². The average molecular weight is 261 g/mol. The van der Waals surface area contributed by atoms with E-state index >= 15 is 0 Å². The minimum atomic E-state index is 0.559. The first kappa shape index (κ1) is 12.9. The van der Waals surface area contributed by atoms with Crippen LogP contribution in [0.25, 0.3) is 0 Å². The molecule has 0 bridgehead atoms. The number of rotatable bonds is 4. The normalized spacial score (nSPS) is 26.2. The van der Waals surface area contributed by atoms with Gasteiger partial charge in [0.1, 0.15) is 5.75 Å². The van der Waals surface area contributed by atoms with Gasteiger partial charge in [0.15, 0.2) is 0 Å². The summed E-state index contributed by atoms with van der Waals surface area (Å²) in [6, 6.07) is 7.12. The fourth-order valence-electron chi connectivity index (χ4n) is 3.23. The summed E-state index contributed by atoms with van der Waals surface area (Å²) in [4.78, 5) is 0. The molecule has 0 unspecified atom stereocenters. The molecule has 3 heteroatoms. The Morgan fingerprint density at radius 2 is 2.32 bits per heavy atom. The smallest absolute Gasteiger partial charge is 0.119 e. The number of fused-ring (bicyclic) bond motifs is 1. The highest BCUT2D eigenvalue weighted by Gasteiger charge is 2.22. The fourth-order valence-corrected chi connectivity index (χ4v) is 3.23. The van der Waals surface area contributed by atoms with Gasteiger partial charge in [-0.1, -0.05) is 6.07 Å². The molecule has 1 aromatic rings. The Morgan fingerprint density at radius 1 is 1.37 bits per heavy atom. The highest BCUT2D eigenvalue weighted by Crippen LogP contribution is 2.33. The molecule has 2 atom stereocenters. The first-order chi connectivity index (χ1) is 9.36. The molecular weight excluding hydrogens is 238 g/mol. The molecule has 1 aromatic carbocycles. The molecule has 0 saturated carbocycles. The molecule has 1 aliphatic carbocycles. The van der Waals surface area contributed by atoms with Crippen molar-refractivity contribution in [2.45, 2.75) is 37.6 Å². The summed E-state index contributed by atoms with van der Waals surface area (Å²) in [5.74, 6) is 1.63. The van der Waals surface area contributed by atoms with Crippen molar-refractivity contribution in [3.05, 3.63) is 29.3 Å². The maximum atomic E-state index is 5.42. The van der Waals surface area contributed by atoms with E-state index in [1.54, 1.807) is 7.11 Å². The minimum absolute atomic E-state index is 0.559. The lowest BCUT2D eigenvalue weighted by Gasteiger charge is -2.27. The topological polar surface area (TPSA) is 30.5 Å². The van der Waals surface area contributed by atoms with Crippen LogP contribution in [0.15, 0.2) is 18.2 Å². The Morgan fingerprint density at radius 3 is 3.11 bits per heavy atom. The summed E-state index contributed by atoms with van der Waals surface area (Å²) < 4.78 is 10.7. The van der Waals surface area contributed by atoms with Gasteiger partial charge in [-0.3, -0.25) is 0 Å². The molecule has 104 valence electrons. The van der Waals surface area contributed by atoms with E-state index in [-0.39, 0.29) is 0 Å². The second-order valence-corrected chi connectivity index (χ2v) is 5.62. The number of hydrogen-bond donors (Lipinski definition) is 1. The lowest BCUT2D eigenvalue weighted by molar-refractivity contribution is 0.189. The molecule has 2 aliphatic rings. The van der Waals surface area contributed by atoms with Crippen LogP contribution in [0.4, 0.5) is 0 Å². The van der Waals surface area contributed by atoms with Crippen LogP contribution in [-0.4, -0.2) is 32.9 Å². The highest BCUT2D eigenvalue weighted by atomic mass is 16.5. The molecular formula is C16H23NO2. The van der Waals surface area contributed by atoms with E-state index in [4.69, 9.17) is 9.47 Å². The molecule has 3 nitrogen and oxygen atoms in total. The molecule has 1 aliphatic heterocycles. The van der Waals surface area contributed by atoms with Gasteiger partial charge in [-0.25, -0.2) is 0 Å². The first-order valence-electron chi connectivity index (χ1n) is 7.35. The lowest BCUT2D eigenvalue weighted by atomic mass is 9.82. The summed E-state index contributed by atoms with van der Waals surface area (Å²) >= 11 is 0. The molecule has 19 heavy (non-hydrogen) atoms. The van der Waals surface area contributed by atoms with Crippen LogP contribution in [0, 0.1) is 0 Å². The minimum Gasteiger partial charge on any atom is -0.497 e. The molecule has 1 heterocycles. The maximum Gasteiger partial charge on any atom is 0.119 e. The number of ether oxygens (including phenoxy) is 2. The van der Waals surface area contributed by atoms with Crippen molar-refractivity contribution in [3.63, 3.8) is 0 Å². The maximum absolute atomic E-state index is 5.42. The van der Waals surface area contributed by atoms with Gasteiger partial charge in [0, 0.05) is 19.2 Å². The SMILES string of the molecule is COc1ccc2c(c1)CCC[C@@H]2CN[C@H]1CCOC1. The van der Waals surface area contributed by atoms with Gasteiger partial charge in [-0.15, -0.1) is 0 Å². The third kappa shape index (κ3) is 2.93. The van der Waals surface area contributed by atoms with Crippen molar-refractivity contribution in [2.75, 3.05) is 26.9 Å². The quantitative estimate of drug-likeness (QED) is 0.903. The lowest BCUT2D eigenvalue weighted by Crippen LogP contribution is -2.33. The Hall–Kier alpha value is -1.06. The van der Waals surface area contributed by atoms with Crippen LogP contribution >= 0.6 is 0 Å². The monoisotopic (exact) mass is 261 g/mol. The Bertz CT molecular complexity index is 427. The van der Waals surface area contributed by atoms with Gasteiger partial charge in [0.2, 0.25) is 0 Å². The summed E-state index contributed by atoms with van der Waals surface area (Å²) in [6.45, 7) is 2.87. The van der Waals surface area contributed by atoms with Gasteiger partial charge in [-0.05, 0) is 54.9 Å². The Balaban J connectivity index is 1.67. The van der Waals surface area contributed by atoms with Crippen LogP contribution in [0.1, 0.15) is 36.3 Å². The van der Waals surface area contributed by atoms with Gasteiger partial charge in [0.25, 0.3) is 0 Å². The molecule has 3 rings (SSSR count). The number of nitrogens with one attached hydrogen (secondary N) is 1. The second kappa shape index (κ2) is 5.93. The Labute approximate surface area is 115 Å². The van der Waals surface area contributed by atoms with Crippen LogP contribution in [-0.2, 0) is 11.2 Å². The van der Waals surface area contributed by atoms with E-state index in [9.17, 15) is 0 Å². The predicted octanol–water partition coefficient (Wildman–Crippen LogP) is 2.49. The average Bonchev–Trinajstić information content (AvgIpc) is 2.97. The first-order valence-corrected chi connectivity index (χ1v) is 7.35. The van der Waals surface area contributed by atoms with Gasteiger partial charge >= 0.3 is 0 Å². The van der Waals surface area contributed by atoms with E-state index in [0.29, 0.717) is 12.0 Å². The Kier molecular flexibility index (Phi) is 4.04. The zero-order valence-electron chi connectivity index (χ0n) is 11.7. The van der Waals surface area contributed by atoms with E-state index in [2.05, 4.69) is 23.5 Å². The van der Waals surface area contributed by atoms with Gasteiger partial charge in [0.05, 0.1) is 13.7 Å². The zero-order valence-corrected chi connectivity index (χ0v) is 11.7. The number of hydrogen-bond acceptors (Lipinski definition) is 3. The number of methoxy groups -OCH3 is 1. The molecule has 0 aromatic heterocycles. The van der Waals surface area contributed by atoms with E-state index in [1.807, 2.05) is 0 Å². The summed E-state index contributed by atoms with van der Waals surface area (Å²) in [5, 5.41) is 3.66. The third-order valence-electron chi connectivity index (χ3n) is 4.37. The van der Waals surface area contributed by atoms with Crippen molar-refractivity contribution in [2.24, 2.45) is 0 Å². The molecule has 0 radical (unpaired) electrons. The van der Waals surface area contributed by atoms with Crippen molar-refractivity contribution in [3.8, 4) is 5.75 Å². The van der Waals surface area contributed by atoms with Crippen LogP contribution in [0.5, 0.6) is 5.75 Å². The third-order valence-corrected chi connectivity index (χ3v) is 4.37.